The fraction of sp³-hybridized carbons (Fsp3) is 0.350. The summed E-state index contributed by atoms with van der Waals surface area (Å²) in [4.78, 5) is 14.0. The molecule has 0 bridgehead atoms. The number of ether oxygens (including phenoxy) is 1. The largest absolute Gasteiger partial charge is 0.465 e. The zero-order valence-electron chi connectivity index (χ0n) is 15.6. The van der Waals surface area contributed by atoms with Gasteiger partial charge in [-0.25, -0.2) is 13.2 Å². The van der Waals surface area contributed by atoms with E-state index in [0.29, 0.717) is 31.7 Å². The molecule has 6 nitrogen and oxygen atoms in total. The van der Waals surface area contributed by atoms with Crippen LogP contribution in [0, 0.1) is 6.92 Å². The van der Waals surface area contributed by atoms with E-state index in [1.165, 1.54) is 46.8 Å². The van der Waals surface area contributed by atoms with Crippen molar-refractivity contribution < 1.29 is 17.9 Å². The Kier molecular flexibility index (Phi) is 5.94. The van der Waals surface area contributed by atoms with Gasteiger partial charge in [0, 0.05) is 32.7 Å². The number of aryl methyl sites for hydroxylation is 1. The molecule has 7 heteroatoms. The molecule has 2 aromatic carbocycles. The zero-order valence-corrected chi connectivity index (χ0v) is 16.4. The van der Waals surface area contributed by atoms with Crippen LogP contribution >= 0.6 is 0 Å². The van der Waals surface area contributed by atoms with Gasteiger partial charge in [-0.1, -0.05) is 24.3 Å². The highest BCUT2D eigenvalue weighted by Gasteiger charge is 2.28. The molecule has 0 spiro atoms. The number of esters is 1. The number of hydrogen-bond donors (Lipinski definition) is 0. The molecule has 1 fully saturated rings. The zero-order chi connectivity index (χ0) is 19.4. The van der Waals surface area contributed by atoms with Crippen molar-refractivity contribution in [2.24, 2.45) is 0 Å². The summed E-state index contributed by atoms with van der Waals surface area (Å²) in [5.74, 6) is -0.483. The molecule has 27 heavy (non-hydrogen) atoms. The molecule has 0 N–H and O–H groups in total. The van der Waals surface area contributed by atoms with E-state index in [1.807, 2.05) is 12.1 Å². The lowest BCUT2D eigenvalue weighted by molar-refractivity contribution is 0.0600. The first-order valence-electron chi connectivity index (χ1n) is 8.87. The molecule has 1 heterocycles. The second-order valence-corrected chi connectivity index (χ2v) is 8.56. The van der Waals surface area contributed by atoms with Gasteiger partial charge >= 0.3 is 5.97 Å². The number of piperazine rings is 1. The third kappa shape index (κ3) is 4.37. The first-order valence-corrected chi connectivity index (χ1v) is 10.3. The second-order valence-electron chi connectivity index (χ2n) is 6.62. The molecule has 0 aromatic heterocycles. The van der Waals surface area contributed by atoms with E-state index >= 15 is 0 Å². The van der Waals surface area contributed by atoms with Gasteiger partial charge in [-0.2, -0.15) is 4.31 Å². The minimum absolute atomic E-state index is 0.197. The summed E-state index contributed by atoms with van der Waals surface area (Å²) in [5, 5.41) is 0. The highest BCUT2D eigenvalue weighted by molar-refractivity contribution is 7.89. The van der Waals surface area contributed by atoms with Gasteiger partial charge in [-0.15, -0.1) is 0 Å². The maximum atomic E-state index is 12.8. The summed E-state index contributed by atoms with van der Waals surface area (Å²) in [6.45, 7) is 5.20. The molecule has 0 unspecified atom stereocenters. The Morgan fingerprint density at radius 1 is 1.00 bits per heavy atom. The SMILES string of the molecule is COC(=O)c1ccc(S(=O)(=O)N2CCN(Cc3ccccc3C)CC2)cc1. The first kappa shape index (κ1) is 19.5. The van der Waals surface area contributed by atoms with Crippen LogP contribution in [-0.2, 0) is 21.3 Å². The quantitative estimate of drug-likeness (QED) is 0.735. The van der Waals surface area contributed by atoms with E-state index in [-0.39, 0.29) is 4.90 Å². The fourth-order valence-electron chi connectivity index (χ4n) is 3.19. The van der Waals surface area contributed by atoms with Crippen LogP contribution in [0.5, 0.6) is 0 Å². The van der Waals surface area contributed by atoms with Crippen LogP contribution in [0.1, 0.15) is 21.5 Å². The molecule has 0 aliphatic carbocycles. The third-order valence-electron chi connectivity index (χ3n) is 4.90. The molecule has 0 atom stereocenters. The minimum Gasteiger partial charge on any atom is -0.465 e. The lowest BCUT2D eigenvalue weighted by Gasteiger charge is -2.34. The van der Waals surface area contributed by atoms with E-state index in [2.05, 4.69) is 28.7 Å². The number of carbonyl (C=O) groups excluding carboxylic acids is 1. The Balaban J connectivity index is 1.64. The van der Waals surface area contributed by atoms with E-state index < -0.39 is 16.0 Å². The van der Waals surface area contributed by atoms with Crippen LogP contribution in [0.25, 0.3) is 0 Å². The number of sulfonamides is 1. The smallest absolute Gasteiger partial charge is 0.337 e. The van der Waals surface area contributed by atoms with Gasteiger partial charge in [0.25, 0.3) is 0 Å². The van der Waals surface area contributed by atoms with Crippen molar-refractivity contribution in [1.29, 1.82) is 0 Å². The number of nitrogens with zero attached hydrogens (tertiary/aromatic N) is 2. The van der Waals surface area contributed by atoms with Crippen molar-refractivity contribution in [3.05, 3.63) is 65.2 Å². The average molecular weight is 388 g/mol. The number of rotatable bonds is 5. The molecular weight excluding hydrogens is 364 g/mol. The monoisotopic (exact) mass is 388 g/mol. The van der Waals surface area contributed by atoms with Crippen LogP contribution in [0.15, 0.2) is 53.4 Å². The van der Waals surface area contributed by atoms with Crippen molar-refractivity contribution in [2.45, 2.75) is 18.4 Å². The lowest BCUT2D eigenvalue weighted by atomic mass is 10.1. The number of benzene rings is 2. The molecule has 0 amide bonds. The van der Waals surface area contributed by atoms with Crippen LogP contribution in [0.3, 0.4) is 0 Å². The standard InChI is InChI=1S/C20H24N2O4S/c1-16-5-3-4-6-18(16)15-21-11-13-22(14-12-21)27(24,25)19-9-7-17(8-10-19)20(23)26-2/h3-10H,11-15H2,1-2H3. The van der Waals surface area contributed by atoms with E-state index in [9.17, 15) is 13.2 Å². The molecule has 1 saturated heterocycles. The van der Waals surface area contributed by atoms with Gasteiger partial charge < -0.3 is 4.74 Å². The predicted octanol–water partition coefficient (Wildman–Crippen LogP) is 2.29. The first-order chi connectivity index (χ1) is 12.9. The molecular formula is C20H24N2O4S. The normalized spacial score (nSPS) is 16.2. The van der Waals surface area contributed by atoms with E-state index in [4.69, 9.17) is 0 Å². The average Bonchev–Trinajstić information content (AvgIpc) is 2.69. The summed E-state index contributed by atoms with van der Waals surface area (Å²) in [6, 6.07) is 14.1. The van der Waals surface area contributed by atoms with Gasteiger partial charge in [0.05, 0.1) is 17.6 Å². The molecule has 2 aromatic rings. The summed E-state index contributed by atoms with van der Waals surface area (Å²) < 4.78 is 31.8. The van der Waals surface area contributed by atoms with Crippen LogP contribution < -0.4 is 0 Å². The fourth-order valence-corrected chi connectivity index (χ4v) is 4.61. The molecule has 0 saturated carbocycles. The minimum atomic E-state index is -3.56. The Bertz CT molecular complexity index is 902. The topological polar surface area (TPSA) is 66.9 Å². The Morgan fingerprint density at radius 3 is 2.22 bits per heavy atom. The highest BCUT2D eigenvalue weighted by Crippen LogP contribution is 2.20. The molecule has 144 valence electrons. The molecule has 1 aliphatic rings. The summed E-state index contributed by atoms with van der Waals surface area (Å²) in [6.07, 6.45) is 0. The van der Waals surface area contributed by atoms with Gasteiger partial charge in [-0.3, -0.25) is 4.90 Å². The molecule has 3 rings (SSSR count). The van der Waals surface area contributed by atoms with Gasteiger partial charge in [0.1, 0.15) is 0 Å². The van der Waals surface area contributed by atoms with Crippen LogP contribution in [-0.4, -0.2) is 56.9 Å². The van der Waals surface area contributed by atoms with Crippen molar-refractivity contribution in [3.63, 3.8) is 0 Å². The van der Waals surface area contributed by atoms with Crippen LogP contribution in [0.2, 0.25) is 0 Å². The van der Waals surface area contributed by atoms with Crippen LogP contribution in [0.4, 0.5) is 0 Å². The molecule has 1 aliphatic heterocycles. The maximum absolute atomic E-state index is 12.8. The summed E-state index contributed by atoms with van der Waals surface area (Å²) >= 11 is 0. The van der Waals surface area contributed by atoms with Crippen molar-refractivity contribution >= 4 is 16.0 Å². The maximum Gasteiger partial charge on any atom is 0.337 e. The van der Waals surface area contributed by atoms with Gasteiger partial charge in [0.15, 0.2) is 0 Å². The number of hydrogen-bond acceptors (Lipinski definition) is 5. The van der Waals surface area contributed by atoms with E-state index in [1.54, 1.807) is 0 Å². The van der Waals surface area contributed by atoms with Crippen molar-refractivity contribution in [1.82, 2.24) is 9.21 Å². The predicted molar refractivity (Wildman–Crippen MR) is 103 cm³/mol. The molecule has 0 radical (unpaired) electrons. The number of carbonyl (C=O) groups is 1. The lowest BCUT2D eigenvalue weighted by Crippen LogP contribution is -2.48. The van der Waals surface area contributed by atoms with Gasteiger partial charge in [-0.05, 0) is 42.3 Å². The Morgan fingerprint density at radius 2 is 1.63 bits per heavy atom. The van der Waals surface area contributed by atoms with Crippen molar-refractivity contribution in [3.8, 4) is 0 Å². The number of methoxy groups -OCH3 is 1. The summed E-state index contributed by atoms with van der Waals surface area (Å²) in [5.41, 5.74) is 2.85. The summed E-state index contributed by atoms with van der Waals surface area (Å²) in [7, 11) is -2.27. The Hall–Kier alpha value is -2.22. The van der Waals surface area contributed by atoms with Crippen molar-refractivity contribution in [2.75, 3.05) is 33.3 Å². The van der Waals surface area contributed by atoms with Gasteiger partial charge in [0.2, 0.25) is 10.0 Å². The van der Waals surface area contributed by atoms with E-state index in [0.717, 1.165) is 6.54 Å². The third-order valence-corrected chi connectivity index (χ3v) is 6.81. The second kappa shape index (κ2) is 8.21. The highest BCUT2D eigenvalue weighted by atomic mass is 32.2. The Labute approximate surface area is 160 Å².